The van der Waals surface area contributed by atoms with Gasteiger partial charge in [-0.1, -0.05) is 0 Å². The first-order chi connectivity index (χ1) is 7.45. The maximum absolute atomic E-state index is 12.9. The van der Waals surface area contributed by atoms with Crippen LogP contribution in [0, 0.1) is 0 Å². The molecule has 3 nitrogen and oxygen atoms in total. The topological polar surface area (TPSA) is 38.5 Å². The van der Waals surface area contributed by atoms with E-state index in [1.807, 2.05) is 0 Å². The third-order valence-corrected chi connectivity index (χ3v) is 2.93. The first-order valence-corrected chi connectivity index (χ1v) is 5.58. The number of alkyl halides is 3. The molecule has 2 N–H and O–H groups in total. The number of hydrogen-bond donors (Lipinski definition) is 1. The van der Waals surface area contributed by atoms with Crippen LogP contribution in [-0.4, -0.2) is 49.5 Å². The van der Waals surface area contributed by atoms with Crippen LogP contribution in [0.15, 0.2) is 0 Å². The first kappa shape index (κ1) is 13.7. The molecule has 1 atom stereocenters. The molecule has 1 heterocycles. The van der Waals surface area contributed by atoms with E-state index in [4.69, 9.17) is 10.5 Å². The van der Waals surface area contributed by atoms with Gasteiger partial charge >= 0.3 is 6.18 Å². The van der Waals surface area contributed by atoms with Crippen molar-refractivity contribution in [1.82, 2.24) is 4.90 Å². The van der Waals surface area contributed by atoms with E-state index in [2.05, 4.69) is 0 Å². The molecule has 1 aliphatic rings. The quantitative estimate of drug-likeness (QED) is 0.789. The van der Waals surface area contributed by atoms with Crippen LogP contribution in [0.5, 0.6) is 0 Å². The SMILES string of the molecule is CCO[C@]1(C(F)(F)F)CCN(CCCN)C1. The molecule has 0 aliphatic carbocycles. The van der Waals surface area contributed by atoms with Gasteiger partial charge < -0.3 is 10.5 Å². The zero-order valence-corrected chi connectivity index (χ0v) is 9.52. The molecule has 16 heavy (non-hydrogen) atoms. The van der Waals surface area contributed by atoms with Gasteiger partial charge in [-0.25, -0.2) is 0 Å². The lowest BCUT2D eigenvalue weighted by Crippen LogP contribution is -2.50. The number of nitrogens with two attached hydrogens (primary N) is 1. The van der Waals surface area contributed by atoms with Crippen LogP contribution < -0.4 is 5.73 Å². The second-order valence-corrected chi connectivity index (χ2v) is 4.09. The Morgan fingerprint density at radius 3 is 2.62 bits per heavy atom. The molecule has 1 fully saturated rings. The summed E-state index contributed by atoms with van der Waals surface area (Å²) in [5.41, 5.74) is 3.38. The Balaban J connectivity index is 2.62. The van der Waals surface area contributed by atoms with E-state index >= 15 is 0 Å². The maximum Gasteiger partial charge on any atom is 0.418 e. The van der Waals surface area contributed by atoms with Crippen molar-refractivity contribution in [3.05, 3.63) is 0 Å². The van der Waals surface area contributed by atoms with Crippen LogP contribution in [0.3, 0.4) is 0 Å². The normalized spacial score (nSPS) is 27.6. The summed E-state index contributed by atoms with van der Waals surface area (Å²) < 4.78 is 43.7. The molecule has 0 saturated carbocycles. The fourth-order valence-electron chi connectivity index (χ4n) is 2.07. The summed E-state index contributed by atoms with van der Waals surface area (Å²) in [5, 5.41) is 0. The summed E-state index contributed by atoms with van der Waals surface area (Å²) in [6.45, 7) is 3.16. The van der Waals surface area contributed by atoms with E-state index in [0.717, 1.165) is 6.42 Å². The van der Waals surface area contributed by atoms with Gasteiger partial charge in [0.1, 0.15) is 0 Å². The van der Waals surface area contributed by atoms with E-state index in [9.17, 15) is 13.2 Å². The van der Waals surface area contributed by atoms with Crippen LogP contribution in [0.1, 0.15) is 19.8 Å². The van der Waals surface area contributed by atoms with Crippen LogP contribution in [-0.2, 0) is 4.74 Å². The van der Waals surface area contributed by atoms with Crippen molar-refractivity contribution in [2.45, 2.75) is 31.5 Å². The molecule has 0 amide bonds. The standard InChI is InChI=1S/C10H19F3N2O/c1-2-16-9(10(11,12)13)4-7-15(8-9)6-3-5-14/h2-8,14H2,1H3/t9-/m1/s1. The first-order valence-electron chi connectivity index (χ1n) is 5.58. The van der Waals surface area contributed by atoms with Gasteiger partial charge in [0.15, 0.2) is 5.60 Å². The molecule has 0 aromatic carbocycles. The van der Waals surface area contributed by atoms with Crippen LogP contribution in [0.4, 0.5) is 13.2 Å². The third kappa shape index (κ3) is 2.87. The molecule has 1 aliphatic heterocycles. The molecule has 0 aromatic heterocycles. The number of likely N-dealkylation sites (tertiary alicyclic amines) is 1. The van der Waals surface area contributed by atoms with Gasteiger partial charge in [-0.05, 0) is 32.9 Å². The highest BCUT2D eigenvalue weighted by molar-refractivity contribution is 4.97. The van der Waals surface area contributed by atoms with Gasteiger partial charge in [0.25, 0.3) is 0 Å². The molecule has 1 rings (SSSR count). The molecule has 0 aromatic rings. The molecule has 1 saturated heterocycles. The second kappa shape index (κ2) is 5.33. The smallest absolute Gasteiger partial charge is 0.364 e. The Hall–Kier alpha value is -0.330. The number of ether oxygens (including phenoxy) is 1. The largest absolute Gasteiger partial charge is 0.418 e. The third-order valence-electron chi connectivity index (χ3n) is 2.93. The zero-order valence-electron chi connectivity index (χ0n) is 9.52. The van der Waals surface area contributed by atoms with Crippen molar-refractivity contribution >= 4 is 0 Å². The molecular weight excluding hydrogens is 221 g/mol. The van der Waals surface area contributed by atoms with E-state index in [-0.39, 0.29) is 19.6 Å². The van der Waals surface area contributed by atoms with Crippen LogP contribution in [0.2, 0.25) is 0 Å². The Morgan fingerprint density at radius 1 is 1.44 bits per heavy atom. The highest BCUT2D eigenvalue weighted by atomic mass is 19.4. The Morgan fingerprint density at radius 2 is 2.12 bits per heavy atom. The highest BCUT2D eigenvalue weighted by Gasteiger charge is 2.58. The van der Waals surface area contributed by atoms with Gasteiger partial charge in [0.2, 0.25) is 0 Å². The summed E-state index contributed by atoms with van der Waals surface area (Å²) in [7, 11) is 0. The van der Waals surface area contributed by atoms with Crippen molar-refractivity contribution < 1.29 is 17.9 Å². The van der Waals surface area contributed by atoms with Crippen molar-refractivity contribution in [1.29, 1.82) is 0 Å². The Bertz CT molecular complexity index is 223. The zero-order chi connectivity index (χ0) is 12.2. The van der Waals surface area contributed by atoms with Crippen molar-refractivity contribution in [3.63, 3.8) is 0 Å². The molecular formula is C10H19F3N2O. The predicted octanol–water partition coefficient (Wildman–Crippen LogP) is 1.38. The van der Waals surface area contributed by atoms with Crippen LogP contribution in [0.25, 0.3) is 0 Å². The highest BCUT2D eigenvalue weighted by Crippen LogP contribution is 2.40. The minimum absolute atomic E-state index is 0.0227. The molecule has 0 radical (unpaired) electrons. The van der Waals surface area contributed by atoms with Gasteiger partial charge in [-0.15, -0.1) is 0 Å². The molecule has 96 valence electrons. The van der Waals surface area contributed by atoms with Crippen molar-refractivity contribution in [2.24, 2.45) is 5.73 Å². The summed E-state index contributed by atoms with van der Waals surface area (Å²) in [5.74, 6) is 0. The molecule has 0 unspecified atom stereocenters. The van der Waals surface area contributed by atoms with Crippen molar-refractivity contribution in [3.8, 4) is 0 Å². The van der Waals surface area contributed by atoms with E-state index < -0.39 is 11.8 Å². The summed E-state index contributed by atoms with van der Waals surface area (Å²) in [6.07, 6.45) is -3.55. The molecule has 6 heteroatoms. The Kier molecular flexibility index (Phi) is 4.58. The van der Waals surface area contributed by atoms with Gasteiger partial charge in [0, 0.05) is 19.7 Å². The lowest BCUT2D eigenvalue weighted by Gasteiger charge is -2.31. The number of nitrogens with zero attached hydrogens (tertiary/aromatic N) is 1. The summed E-state index contributed by atoms with van der Waals surface area (Å²) in [6, 6.07) is 0. The van der Waals surface area contributed by atoms with Crippen molar-refractivity contribution in [2.75, 3.05) is 32.8 Å². The average molecular weight is 240 g/mol. The minimum atomic E-state index is -4.29. The predicted molar refractivity (Wildman–Crippen MR) is 55.1 cm³/mol. The minimum Gasteiger partial charge on any atom is -0.364 e. The van der Waals surface area contributed by atoms with Gasteiger partial charge in [-0.3, -0.25) is 4.90 Å². The fourth-order valence-corrected chi connectivity index (χ4v) is 2.07. The molecule has 0 spiro atoms. The number of halogens is 3. The van der Waals surface area contributed by atoms with E-state index in [1.54, 1.807) is 11.8 Å². The summed E-state index contributed by atoms with van der Waals surface area (Å²) in [4.78, 5) is 1.77. The van der Waals surface area contributed by atoms with Gasteiger partial charge in [0.05, 0.1) is 0 Å². The van der Waals surface area contributed by atoms with E-state index in [1.165, 1.54) is 0 Å². The monoisotopic (exact) mass is 240 g/mol. The number of hydrogen-bond acceptors (Lipinski definition) is 3. The lowest BCUT2D eigenvalue weighted by atomic mass is 10.0. The Labute approximate surface area is 93.7 Å². The average Bonchev–Trinajstić information content (AvgIpc) is 2.59. The van der Waals surface area contributed by atoms with E-state index in [0.29, 0.717) is 19.6 Å². The van der Waals surface area contributed by atoms with Gasteiger partial charge in [-0.2, -0.15) is 13.2 Å². The second-order valence-electron chi connectivity index (χ2n) is 4.09. The lowest BCUT2D eigenvalue weighted by molar-refractivity contribution is -0.270. The molecule has 0 bridgehead atoms. The van der Waals surface area contributed by atoms with Crippen LogP contribution >= 0.6 is 0 Å². The fraction of sp³-hybridized carbons (Fsp3) is 1.00. The number of rotatable bonds is 5. The summed E-state index contributed by atoms with van der Waals surface area (Å²) >= 11 is 0. The maximum atomic E-state index is 12.9.